The van der Waals surface area contributed by atoms with Crippen LogP contribution in [-0.4, -0.2) is 46.5 Å². The predicted octanol–water partition coefficient (Wildman–Crippen LogP) is 0.856. The van der Waals surface area contributed by atoms with Crippen LogP contribution in [-0.2, 0) is 4.74 Å². The van der Waals surface area contributed by atoms with Crippen LogP contribution in [0.1, 0.15) is 16.8 Å². The van der Waals surface area contributed by atoms with Crippen molar-refractivity contribution in [3.8, 4) is 0 Å². The first kappa shape index (κ1) is 14.2. The van der Waals surface area contributed by atoms with E-state index in [4.69, 9.17) is 9.84 Å². The molecule has 1 heterocycles. The largest absolute Gasteiger partial charge is 0.478 e. The summed E-state index contributed by atoms with van der Waals surface area (Å²) in [5.41, 5.74) is -1.32. The minimum atomic E-state index is -1.27. The van der Waals surface area contributed by atoms with Crippen molar-refractivity contribution in [1.82, 2.24) is 0 Å². The monoisotopic (exact) mass is 282 g/mol. The van der Waals surface area contributed by atoms with Crippen LogP contribution in [0.15, 0.2) is 18.2 Å². The zero-order valence-corrected chi connectivity index (χ0v) is 10.5. The van der Waals surface area contributed by atoms with Crippen molar-refractivity contribution in [3.63, 3.8) is 0 Å². The molecular formula is C12H14N2O6. The van der Waals surface area contributed by atoms with Crippen molar-refractivity contribution in [3.05, 3.63) is 33.9 Å². The lowest BCUT2D eigenvalue weighted by atomic mass is 10.0. The number of nitrogens with one attached hydrogen (secondary N) is 1. The summed E-state index contributed by atoms with van der Waals surface area (Å²) in [4.78, 5) is 21.1. The van der Waals surface area contributed by atoms with Gasteiger partial charge in [-0.15, -0.1) is 0 Å². The van der Waals surface area contributed by atoms with E-state index in [-0.39, 0.29) is 30.1 Å². The van der Waals surface area contributed by atoms with Crippen molar-refractivity contribution >= 4 is 17.3 Å². The van der Waals surface area contributed by atoms with Gasteiger partial charge < -0.3 is 20.3 Å². The van der Waals surface area contributed by atoms with E-state index < -0.39 is 16.5 Å². The second-order valence-electron chi connectivity index (χ2n) is 4.67. The first-order chi connectivity index (χ1) is 9.41. The third-order valence-corrected chi connectivity index (χ3v) is 3.13. The van der Waals surface area contributed by atoms with E-state index in [1.54, 1.807) is 0 Å². The van der Waals surface area contributed by atoms with E-state index in [2.05, 4.69) is 5.32 Å². The smallest absolute Gasteiger partial charge is 0.338 e. The lowest BCUT2D eigenvalue weighted by Crippen LogP contribution is -2.37. The zero-order chi connectivity index (χ0) is 14.8. The lowest BCUT2D eigenvalue weighted by molar-refractivity contribution is -0.384. The van der Waals surface area contributed by atoms with E-state index in [9.17, 15) is 20.0 Å². The predicted molar refractivity (Wildman–Crippen MR) is 68.9 cm³/mol. The number of carbonyl (C=O) groups is 1. The molecule has 1 aromatic rings. The third-order valence-electron chi connectivity index (χ3n) is 3.13. The van der Waals surface area contributed by atoms with Gasteiger partial charge in [0.2, 0.25) is 0 Å². The number of carboxylic acids is 1. The van der Waals surface area contributed by atoms with E-state index >= 15 is 0 Å². The Labute approximate surface area is 114 Å². The minimum absolute atomic E-state index is 0.116. The van der Waals surface area contributed by atoms with Crippen LogP contribution < -0.4 is 5.32 Å². The van der Waals surface area contributed by atoms with Crippen LogP contribution >= 0.6 is 0 Å². The number of hydrogen-bond acceptors (Lipinski definition) is 6. The summed E-state index contributed by atoms with van der Waals surface area (Å²) >= 11 is 0. The maximum absolute atomic E-state index is 11.1. The van der Waals surface area contributed by atoms with E-state index in [1.807, 2.05) is 0 Å². The van der Waals surface area contributed by atoms with Gasteiger partial charge in [0, 0.05) is 37.4 Å². The molecule has 20 heavy (non-hydrogen) atoms. The van der Waals surface area contributed by atoms with Gasteiger partial charge in [-0.1, -0.05) is 0 Å². The number of nitro groups is 1. The van der Waals surface area contributed by atoms with Crippen LogP contribution in [0.3, 0.4) is 0 Å². The molecule has 1 unspecified atom stereocenters. The summed E-state index contributed by atoms with van der Waals surface area (Å²) in [5.74, 6) is -1.27. The fourth-order valence-electron chi connectivity index (χ4n) is 1.97. The van der Waals surface area contributed by atoms with E-state index in [0.717, 1.165) is 6.07 Å². The van der Waals surface area contributed by atoms with Gasteiger partial charge in [-0.3, -0.25) is 10.1 Å². The molecule has 2 rings (SSSR count). The van der Waals surface area contributed by atoms with Gasteiger partial charge in [-0.05, 0) is 6.07 Å². The number of anilines is 1. The molecule has 1 aromatic carbocycles. The molecule has 8 heteroatoms. The summed E-state index contributed by atoms with van der Waals surface area (Å²) in [6.07, 6.45) is 0.454. The zero-order valence-electron chi connectivity index (χ0n) is 10.5. The molecule has 8 nitrogen and oxygen atoms in total. The Morgan fingerprint density at radius 2 is 2.30 bits per heavy atom. The Balaban J connectivity index is 2.18. The lowest BCUT2D eigenvalue weighted by Gasteiger charge is -2.22. The van der Waals surface area contributed by atoms with Crippen LogP contribution in [0.2, 0.25) is 0 Å². The summed E-state index contributed by atoms with van der Waals surface area (Å²) in [6, 6.07) is 3.52. The summed E-state index contributed by atoms with van der Waals surface area (Å²) in [5, 5.41) is 32.6. The molecule has 0 amide bonds. The number of rotatable bonds is 5. The topological polar surface area (TPSA) is 122 Å². The number of aromatic carboxylic acids is 1. The van der Waals surface area contributed by atoms with Crippen molar-refractivity contribution < 1.29 is 24.7 Å². The van der Waals surface area contributed by atoms with Gasteiger partial charge in [0.15, 0.2) is 0 Å². The van der Waals surface area contributed by atoms with Crippen LogP contribution in [0.4, 0.5) is 11.4 Å². The molecule has 1 aliphatic rings. The Morgan fingerprint density at radius 1 is 1.55 bits per heavy atom. The molecule has 0 aromatic heterocycles. The van der Waals surface area contributed by atoms with Gasteiger partial charge >= 0.3 is 5.97 Å². The maximum Gasteiger partial charge on any atom is 0.338 e. The second-order valence-corrected chi connectivity index (χ2v) is 4.67. The summed E-state index contributed by atoms with van der Waals surface area (Å²) in [7, 11) is 0. The van der Waals surface area contributed by atoms with E-state index in [1.165, 1.54) is 12.1 Å². The van der Waals surface area contributed by atoms with Gasteiger partial charge in [0.25, 0.3) is 5.69 Å². The quantitative estimate of drug-likeness (QED) is 0.540. The highest BCUT2D eigenvalue weighted by Crippen LogP contribution is 2.24. The average Bonchev–Trinajstić information content (AvgIpc) is 2.83. The number of nitrogens with zero attached hydrogens (tertiary/aromatic N) is 1. The highest BCUT2D eigenvalue weighted by atomic mass is 16.6. The van der Waals surface area contributed by atoms with Crippen molar-refractivity contribution in [2.45, 2.75) is 12.0 Å². The van der Waals surface area contributed by atoms with Crippen LogP contribution in [0.5, 0.6) is 0 Å². The molecule has 0 radical (unpaired) electrons. The molecule has 108 valence electrons. The number of benzene rings is 1. The van der Waals surface area contributed by atoms with E-state index in [0.29, 0.717) is 13.0 Å². The summed E-state index contributed by atoms with van der Waals surface area (Å²) in [6.45, 7) is 0.741. The highest BCUT2D eigenvalue weighted by molar-refractivity contribution is 5.95. The van der Waals surface area contributed by atoms with Crippen molar-refractivity contribution in [1.29, 1.82) is 0 Å². The number of non-ortho nitro benzene ring substituents is 1. The minimum Gasteiger partial charge on any atom is -0.478 e. The molecule has 1 fully saturated rings. The average molecular weight is 282 g/mol. The highest BCUT2D eigenvalue weighted by Gasteiger charge is 2.32. The number of ether oxygens (including phenoxy) is 1. The fourth-order valence-corrected chi connectivity index (χ4v) is 1.97. The van der Waals surface area contributed by atoms with Gasteiger partial charge in [0.05, 0.1) is 17.1 Å². The van der Waals surface area contributed by atoms with Crippen LogP contribution in [0.25, 0.3) is 0 Å². The number of carboxylic acid groups (broad SMARTS) is 1. The van der Waals surface area contributed by atoms with Gasteiger partial charge in [-0.25, -0.2) is 4.79 Å². The van der Waals surface area contributed by atoms with Crippen LogP contribution in [0, 0.1) is 10.1 Å². The first-order valence-electron chi connectivity index (χ1n) is 5.97. The molecule has 1 aliphatic heterocycles. The number of hydrogen-bond donors (Lipinski definition) is 3. The molecule has 0 aliphatic carbocycles. The number of nitro benzene ring substituents is 1. The first-order valence-corrected chi connectivity index (χ1v) is 5.97. The Morgan fingerprint density at radius 3 is 2.85 bits per heavy atom. The maximum atomic E-state index is 11.1. The molecule has 3 N–H and O–H groups in total. The van der Waals surface area contributed by atoms with Gasteiger partial charge in [-0.2, -0.15) is 0 Å². The van der Waals surface area contributed by atoms with Crippen molar-refractivity contribution in [2.75, 3.05) is 25.1 Å². The second kappa shape index (κ2) is 5.43. The Kier molecular flexibility index (Phi) is 3.86. The Hall–Kier alpha value is -2.19. The Bertz CT molecular complexity index is 539. The summed E-state index contributed by atoms with van der Waals surface area (Å²) < 4.78 is 5.08. The molecule has 0 saturated carbocycles. The normalized spacial score (nSPS) is 21.6. The van der Waals surface area contributed by atoms with Gasteiger partial charge in [0.1, 0.15) is 5.60 Å². The fraction of sp³-hybridized carbons (Fsp3) is 0.417. The molecule has 1 saturated heterocycles. The molecular weight excluding hydrogens is 268 g/mol. The molecule has 0 bridgehead atoms. The van der Waals surface area contributed by atoms with Crippen molar-refractivity contribution in [2.24, 2.45) is 0 Å². The standard InChI is InChI=1S/C12H14N2O6/c15-11(16)9-5-8(14(18)19)1-2-10(9)13-6-12(17)3-4-20-7-12/h1-2,5,13,17H,3-4,6-7H2,(H,15,16). The third kappa shape index (κ3) is 3.03. The molecule has 1 atom stereocenters. The molecule has 0 spiro atoms. The SMILES string of the molecule is O=C(O)c1cc([N+](=O)[O-])ccc1NCC1(O)CCOC1. The number of aliphatic hydroxyl groups is 1.